The van der Waals surface area contributed by atoms with Gasteiger partial charge in [0.25, 0.3) is 0 Å². The Hall–Kier alpha value is -1.88. The molecule has 2 N–H and O–H groups in total. The molecule has 102 valence electrons. The number of imide groups is 1. The highest BCUT2D eigenvalue weighted by Crippen LogP contribution is 2.16. The molecule has 0 radical (unpaired) electrons. The summed E-state index contributed by atoms with van der Waals surface area (Å²) >= 11 is 0. The van der Waals surface area contributed by atoms with Gasteiger partial charge in [0.05, 0.1) is 13.1 Å². The van der Waals surface area contributed by atoms with Crippen LogP contribution in [0.4, 0.5) is 5.69 Å². The summed E-state index contributed by atoms with van der Waals surface area (Å²) in [6, 6.07) is 7.95. The maximum absolute atomic E-state index is 11.3. The zero-order valence-corrected chi connectivity index (χ0v) is 11.1. The number of rotatable bonds is 5. The van der Waals surface area contributed by atoms with Crippen molar-refractivity contribution in [1.29, 1.82) is 0 Å². The Morgan fingerprint density at radius 1 is 1.16 bits per heavy atom. The van der Waals surface area contributed by atoms with Gasteiger partial charge in [0.1, 0.15) is 0 Å². The predicted molar refractivity (Wildman–Crippen MR) is 73.8 cm³/mol. The average molecular weight is 261 g/mol. The van der Waals surface area contributed by atoms with Gasteiger partial charge in [-0.1, -0.05) is 19.1 Å². The smallest absolute Gasteiger partial charge is 0.246 e. The minimum atomic E-state index is -0.245. The molecule has 5 nitrogen and oxygen atoms in total. The van der Waals surface area contributed by atoms with Crippen molar-refractivity contribution in [2.24, 2.45) is 0 Å². The van der Waals surface area contributed by atoms with Crippen molar-refractivity contribution in [3.63, 3.8) is 0 Å². The molecule has 1 aromatic carbocycles. The van der Waals surface area contributed by atoms with E-state index in [0.29, 0.717) is 0 Å². The van der Waals surface area contributed by atoms with E-state index in [9.17, 15) is 9.59 Å². The lowest BCUT2D eigenvalue weighted by Gasteiger charge is -2.27. The second kappa shape index (κ2) is 6.33. The number of hydrogen-bond acceptors (Lipinski definition) is 4. The standard InChI is InChI=1S/C14H19N3O2/c1-2-7-15-8-11-3-5-12(6-4-11)17-9-13(18)16-14(19)10-17/h3-6,15H,2,7-10H2,1H3,(H,16,18,19). The topological polar surface area (TPSA) is 61.4 Å². The van der Waals surface area contributed by atoms with E-state index >= 15 is 0 Å². The molecule has 1 fully saturated rings. The lowest BCUT2D eigenvalue weighted by Crippen LogP contribution is -2.51. The number of anilines is 1. The van der Waals surface area contributed by atoms with Gasteiger partial charge in [-0.3, -0.25) is 14.9 Å². The molecule has 19 heavy (non-hydrogen) atoms. The van der Waals surface area contributed by atoms with Gasteiger partial charge >= 0.3 is 0 Å². The number of benzene rings is 1. The second-order valence-electron chi connectivity index (χ2n) is 4.67. The number of carbonyl (C=O) groups is 2. The molecule has 1 heterocycles. The van der Waals surface area contributed by atoms with Gasteiger partial charge in [0.15, 0.2) is 0 Å². The van der Waals surface area contributed by atoms with E-state index in [1.54, 1.807) is 4.90 Å². The summed E-state index contributed by atoms with van der Waals surface area (Å²) in [6.07, 6.45) is 1.11. The minimum absolute atomic E-state index is 0.235. The van der Waals surface area contributed by atoms with Crippen LogP contribution in [0, 0.1) is 0 Å². The Bertz CT molecular complexity index is 440. The van der Waals surface area contributed by atoms with E-state index in [1.165, 1.54) is 5.56 Å². The van der Waals surface area contributed by atoms with E-state index in [4.69, 9.17) is 0 Å². The number of nitrogens with one attached hydrogen (secondary N) is 2. The van der Waals surface area contributed by atoms with Crippen molar-refractivity contribution in [1.82, 2.24) is 10.6 Å². The highest BCUT2D eigenvalue weighted by molar-refractivity contribution is 6.02. The fourth-order valence-electron chi connectivity index (χ4n) is 2.05. The molecular weight excluding hydrogens is 242 g/mol. The van der Waals surface area contributed by atoms with Crippen molar-refractivity contribution in [2.75, 3.05) is 24.5 Å². The molecule has 0 bridgehead atoms. The molecule has 5 heteroatoms. The molecule has 0 aromatic heterocycles. The Morgan fingerprint density at radius 3 is 2.37 bits per heavy atom. The van der Waals surface area contributed by atoms with E-state index in [2.05, 4.69) is 17.6 Å². The fraction of sp³-hybridized carbons (Fsp3) is 0.429. The third-order valence-electron chi connectivity index (χ3n) is 3.01. The van der Waals surface area contributed by atoms with Gasteiger partial charge in [-0.15, -0.1) is 0 Å². The van der Waals surface area contributed by atoms with Crippen LogP contribution in [-0.4, -0.2) is 31.4 Å². The molecule has 0 aliphatic carbocycles. The largest absolute Gasteiger partial charge is 0.353 e. The first-order valence-electron chi connectivity index (χ1n) is 6.56. The van der Waals surface area contributed by atoms with Crippen molar-refractivity contribution in [3.8, 4) is 0 Å². The summed E-state index contributed by atoms with van der Waals surface area (Å²) in [5.74, 6) is -0.491. The normalized spacial score (nSPS) is 15.5. The zero-order chi connectivity index (χ0) is 13.7. The highest BCUT2D eigenvalue weighted by atomic mass is 16.2. The summed E-state index contributed by atoms with van der Waals surface area (Å²) in [6.45, 7) is 4.45. The third kappa shape index (κ3) is 3.79. The van der Waals surface area contributed by atoms with Crippen LogP contribution in [-0.2, 0) is 16.1 Å². The van der Waals surface area contributed by atoms with Crippen LogP contribution in [0.5, 0.6) is 0 Å². The predicted octanol–water partition coefficient (Wildman–Crippen LogP) is 0.649. The van der Waals surface area contributed by atoms with Crippen molar-refractivity contribution >= 4 is 17.5 Å². The Kier molecular flexibility index (Phi) is 4.52. The van der Waals surface area contributed by atoms with E-state index in [-0.39, 0.29) is 24.9 Å². The number of nitrogens with zero attached hydrogens (tertiary/aromatic N) is 1. The molecule has 1 aromatic rings. The monoisotopic (exact) mass is 261 g/mol. The number of piperazine rings is 1. The summed E-state index contributed by atoms with van der Waals surface area (Å²) in [5, 5.41) is 5.63. The first-order chi connectivity index (χ1) is 9.19. The number of hydrogen-bond donors (Lipinski definition) is 2. The second-order valence-corrected chi connectivity index (χ2v) is 4.67. The number of carbonyl (C=O) groups excluding carboxylic acids is 2. The summed E-state index contributed by atoms with van der Waals surface area (Å²) < 4.78 is 0. The quantitative estimate of drug-likeness (QED) is 0.603. The average Bonchev–Trinajstić information content (AvgIpc) is 2.39. The van der Waals surface area contributed by atoms with Crippen LogP contribution in [0.2, 0.25) is 0 Å². The molecule has 1 aliphatic heterocycles. The minimum Gasteiger partial charge on any atom is -0.353 e. The summed E-state index contributed by atoms with van der Waals surface area (Å²) in [4.78, 5) is 24.4. The first kappa shape index (κ1) is 13.5. The van der Waals surface area contributed by atoms with Gasteiger partial charge in [0, 0.05) is 12.2 Å². The van der Waals surface area contributed by atoms with Crippen molar-refractivity contribution < 1.29 is 9.59 Å². The van der Waals surface area contributed by atoms with E-state index in [0.717, 1.165) is 25.2 Å². The van der Waals surface area contributed by atoms with Gasteiger partial charge in [0.2, 0.25) is 11.8 Å². The lowest BCUT2D eigenvalue weighted by molar-refractivity contribution is -0.130. The van der Waals surface area contributed by atoms with Crippen LogP contribution < -0.4 is 15.5 Å². The Balaban J connectivity index is 1.97. The maximum atomic E-state index is 11.3. The van der Waals surface area contributed by atoms with Crippen LogP contribution >= 0.6 is 0 Å². The SMILES string of the molecule is CCCNCc1ccc(N2CC(=O)NC(=O)C2)cc1. The zero-order valence-electron chi connectivity index (χ0n) is 11.1. The summed E-state index contributed by atoms with van der Waals surface area (Å²) in [5.41, 5.74) is 2.10. The molecular formula is C14H19N3O2. The first-order valence-corrected chi connectivity index (χ1v) is 6.56. The van der Waals surface area contributed by atoms with E-state index in [1.807, 2.05) is 24.3 Å². The number of amides is 2. The third-order valence-corrected chi connectivity index (χ3v) is 3.01. The lowest BCUT2D eigenvalue weighted by atomic mass is 10.1. The van der Waals surface area contributed by atoms with Gasteiger partial charge in [-0.25, -0.2) is 0 Å². The Morgan fingerprint density at radius 2 is 1.79 bits per heavy atom. The molecule has 0 unspecified atom stereocenters. The van der Waals surface area contributed by atoms with Crippen LogP contribution in [0.15, 0.2) is 24.3 Å². The maximum Gasteiger partial charge on any atom is 0.246 e. The molecule has 0 atom stereocenters. The Labute approximate surface area is 113 Å². The van der Waals surface area contributed by atoms with Gasteiger partial charge < -0.3 is 10.2 Å². The van der Waals surface area contributed by atoms with Crippen molar-refractivity contribution in [3.05, 3.63) is 29.8 Å². The van der Waals surface area contributed by atoms with Gasteiger partial charge in [-0.05, 0) is 30.7 Å². The molecule has 2 amide bonds. The highest BCUT2D eigenvalue weighted by Gasteiger charge is 2.22. The molecule has 0 spiro atoms. The summed E-state index contributed by atoms with van der Waals surface area (Å²) in [7, 11) is 0. The molecule has 2 rings (SSSR count). The van der Waals surface area contributed by atoms with E-state index < -0.39 is 0 Å². The van der Waals surface area contributed by atoms with Crippen LogP contribution in [0.3, 0.4) is 0 Å². The molecule has 0 saturated carbocycles. The molecule has 1 saturated heterocycles. The van der Waals surface area contributed by atoms with Crippen LogP contribution in [0.25, 0.3) is 0 Å². The van der Waals surface area contributed by atoms with Gasteiger partial charge in [-0.2, -0.15) is 0 Å². The fourth-order valence-corrected chi connectivity index (χ4v) is 2.05. The van der Waals surface area contributed by atoms with Crippen molar-refractivity contribution in [2.45, 2.75) is 19.9 Å². The van der Waals surface area contributed by atoms with Crippen LogP contribution in [0.1, 0.15) is 18.9 Å². The molecule has 1 aliphatic rings.